The topological polar surface area (TPSA) is 64.3 Å². The summed E-state index contributed by atoms with van der Waals surface area (Å²) in [5.74, 6) is -0.938. The molecular weight excluding hydrogens is 259 g/mol. The summed E-state index contributed by atoms with van der Waals surface area (Å²) in [5, 5.41) is 2.64. The first-order valence-electron chi connectivity index (χ1n) is 6.07. The Labute approximate surface area is 116 Å². The van der Waals surface area contributed by atoms with Gasteiger partial charge in [0.05, 0.1) is 7.11 Å². The minimum atomic E-state index is -0.616. The lowest BCUT2D eigenvalue weighted by atomic mass is 10.1. The van der Waals surface area contributed by atoms with Crippen molar-refractivity contribution in [2.45, 2.75) is 6.54 Å². The number of amides is 1. The van der Waals surface area contributed by atoms with Crippen molar-refractivity contribution in [3.63, 3.8) is 0 Å². The molecule has 0 saturated heterocycles. The van der Waals surface area contributed by atoms with Gasteiger partial charge in [0, 0.05) is 12.2 Å². The van der Waals surface area contributed by atoms with Crippen molar-refractivity contribution in [3.05, 3.63) is 59.4 Å². The van der Waals surface area contributed by atoms with Gasteiger partial charge in [0.25, 0.3) is 5.91 Å². The second-order valence-electron chi connectivity index (χ2n) is 4.24. The van der Waals surface area contributed by atoms with Crippen LogP contribution in [0.15, 0.2) is 42.5 Å². The number of carbonyl (C=O) groups is 1. The van der Waals surface area contributed by atoms with Crippen LogP contribution in [0.5, 0.6) is 5.75 Å². The number of anilines is 1. The summed E-state index contributed by atoms with van der Waals surface area (Å²) in [6, 6.07) is 11.4. The summed E-state index contributed by atoms with van der Waals surface area (Å²) >= 11 is 0. The largest absolute Gasteiger partial charge is 0.496 e. The minimum Gasteiger partial charge on any atom is -0.496 e. The molecule has 0 spiro atoms. The van der Waals surface area contributed by atoms with Gasteiger partial charge in [-0.25, -0.2) is 4.39 Å². The molecule has 0 fully saturated rings. The van der Waals surface area contributed by atoms with Crippen molar-refractivity contribution < 1.29 is 13.9 Å². The molecule has 2 rings (SSSR count). The van der Waals surface area contributed by atoms with Crippen molar-refractivity contribution in [3.8, 4) is 5.75 Å². The quantitative estimate of drug-likeness (QED) is 0.841. The third-order valence-electron chi connectivity index (χ3n) is 2.83. The maximum Gasteiger partial charge on any atom is 0.258 e. The van der Waals surface area contributed by atoms with Crippen molar-refractivity contribution in [1.29, 1.82) is 0 Å². The summed E-state index contributed by atoms with van der Waals surface area (Å²) in [4.78, 5) is 12.0. The molecule has 4 nitrogen and oxygen atoms in total. The predicted octanol–water partition coefficient (Wildman–Crippen LogP) is 2.35. The normalized spacial score (nSPS) is 10.1. The van der Waals surface area contributed by atoms with Gasteiger partial charge in [0.1, 0.15) is 17.1 Å². The maximum absolute atomic E-state index is 13.7. The van der Waals surface area contributed by atoms with Crippen LogP contribution in [0.4, 0.5) is 10.1 Å². The van der Waals surface area contributed by atoms with E-state index in [1.165, 1.54) is 19.2 Å². The molecule has 0 aliphatic heterocycles. The number of methoxy groups -OCH3 is 1. The van der Waals surface area contributed by atoms with Crippen LogP contribution in [0.25, 0.3) is 0 Å². The molecule has 3 N–H and O–H groups in total. The van der Waals surface area contributed by atoms with E-state index in [9.17, 15) is 9.18 Å². The lowest BCUT2D eigenvalue weighted by Gasteiger charge is -2.10. The molecule has 0 aromatic heterocycles. The van der Waals surface area contributed by atoms with Crippen LogP contribution in [0, 0.1) is 5.82 Å². The zero-order valence-electron chi connectivity index (χ0n) is 11.0. The number of nitrogens with two attached hydrogens (primary N) is 1. The van der Waals surface area contributed by atoms with Crippen LogP contribution in [0.1, 0.15) is 15.9 Å². The van der Waals surface area contributed by atoms with Gasteiger partial charge in [-0.1, -0.05) is 18.2 Å². The van der Waals surface area contributed by atoms with Crippen molar-refractivity contribution in [1.82, 2.24) is 5.32 Å². The number of ether oxygens (including phenoxy) is 1. The maximum atomic E-state index is 13.7. The van der Waals surface area contributed by atoms with E-state index < -0.39 is 11.7 Å². The summed E-state index contributed by atoms with van der Waals surface area (Å²) in [6.45, 7) is 0.265. The predicted molar refractivity (Wildman–Crippen MR) is 75.0 cm³/mol. The third kappa shape index (κ3) is 3.06. The van der Waals surface area contributed by atoms with E-state index >= 15 is 0 Å². The number of nitrogen functional groups attached to an aromatic ring is 1. The van der Waals surface area contributed by atoms with Gasteiger partial charge in [-0.15, -0.1) is 0 Å². The zero-order valence-corrected chi connectivity index (χ0v) is 11.0. The summed E-state index contributed by atoms with van der Waals surface area (Å²) in [7, 11) is 1.39. The van der Waals surface area contributed by atoms with E-state index in [0.29, 0.717) is 5.69 Å². The Bertz CT molecular complexity index is 629. The highest BCUT2D eigenvalue weighted by molar-refractivity contribution is 5.97. The standard InChI is InChI=1S/C15H15FN2O2/c1-20-13-7-3-6-12(16)14(13)15(19)18-9-10-4-2-5-11(17)8-10/h2-8H,9,17H2,1H3,(H,18,19). The van der Waals surface area contributed by atoms with Gasteiger partial charge in [-0.3, -0.25) is 4.79 Å². The highest BCUT2D eigenvalue weighted by Gasteiger charge is 2.16. The average Bonchev–Trinajstić information content (AvgIpc) is 2.44. The molecule has 0 saturated carbocycles. The number of benzene rings is 2. The molecule has 2 aromatic rings. The number of rotatable bonds is 4. The molecule has 2 aromatic carbocycles. The minimum absolute atomic E-state index is 0.0982. The average molecular weight is 274 g/mol. The van der Waals surface area contributed by atoms with Crippen LogP contribution in [0.3, 0.4) is 0 Å². The number of hydrogen-bond donors (Lipinski definition) is 2. The Morgan fingerprint density at radius 2 is 2.05 bits per heavy atom. The van der Waals surface area contributed by atoms with Crippen molar-refractivity contribution in [2.24, 2.45) is 0 Å². The van der Waals surface area contributed by atoms with Crippen molar-refractivity contribution in [2.75, 3.05) is 12.8 Å². The van der Waals surface area contributed by atoms with Gasteiger partial charge in [0.2, 0.25) is 0 Å². The van der Waals surface area contributed by atoms with E-state index in [1.807, 2.05) is 6.07 Å². The fraction of sp³-hybridized carbons (Fsp3) is 0.133. The molecule has 0 unspecified atom stereocenters. The fourth-order valence-electron chi connectivity index (χ4n) is 1.87. The number of hydrogen-bond acceptors (Lipinski definition) is 3. The van der Waals surface area contributed by atoms with E-state index in [2.05, 4.69) is 5.32 Å². The van der Waals surface area contributed by atoms with Crippen LogP contribution in [-0.2, 0) is 6.54 Å². The Morgan fingerprint density at radius 1 is 1.30 bits per heavy atom. The van der Waals surface area contributed by atoms with Crippen LogP contribution in [0.2, 0.25) is 0 Å². The molecule has 0 radical (unpaired) electrons. The Kier molecular flexibility index (Phi) is 4.20. The van der Waals surface area contributed by atoms with E-state index in [1.54, 1.807) is 24.3 Å². The summed E-state index contributed by atoms with van der Waals surface area (Å²) in [5.41, 5.74) is 7.01. The molecule has 104 valence electrons. The van der Waals surface area contributed by atoms with E-state index in [-0.39, 0.29) is 17.9 Å². The molecule has 0 bridgehead atoms. The second kappa shape index (κ2) is 6.06. The molecule has 0 aliphatic carbocycles. The highest BCUT2D eigenvalue weighted by Crippen LogP contribution is 2.21. The highest BCUT2D eigenvalue weighted by atomic mass is 19.1. The van der Waals surface area contributed by atoms with Gasteiger partial charge in [-0.05, 0) is 29.8 Å². The number of halogens is 1. The molecule has 20 heavy (non-hydrogen) atoms. The Hall–Kier alpha value is -2.56. The second-order valence-corrected chi connectivity index (χ2v) is 4.24. The lowest BCUT2D eigenvalue weighted by molar-refractivity contribution is 0.0943. The fourth-order valence-corrected chi connectivity index (χ4v) is 1.87. The first-order chi connectivity index (χ1) is 9.61. The monoisotopic (exact) mass is 274 g/mol. The lowest BCUT2D eigenvalue weighted by Crippen LogP contribution is -2.24. The van der Waals surface area contributed by atoms with Crippen LogP contribution >= 0.6 is 0 Å². The van der Waals surface area contributed by atoms with Crippen LogP contribution < -0.4 is 15.8 Å². The Morgan fingerprint density at radius 3 is 2.75 bits per heavy atom. The number of carbonyl (C=O) groups excluding carboxylic acids is 1. The van der Waals surface area contributed by atoms with Gasteiger partial charge in [0.15, 0.2) is 0 Å². The van der Waals surface area contributed by atoms with E-state index in [4.69, 9.17) is 10.5 Å². The van der Waals surface area contributed by atoms with Crippen molar-refractivity contribution >= 4 is 11.6 Å². The van der Waals surface area contributed by atoms with Crippen LogP contribution in [-0.4, -0.2) is 13.0 Å². The molecule has 0 aliphatic rings. The summed E-state index contributed by atoms with van der Waals surface area (Å²) < 4.78 is 18.7. The number of nitrogens with one attached hydrogen (secondary N) is 1. The molecule has 0 heterocycles. The van der Waals surface area contributed by atoms with Gasteiger partial charge < -0.3 is 15.8 Å². The molecule has 0 atom stereocenters. The molecule has 1 amide bonds. The SMILES string of the molecule is COc1cccc(F)c1C(=O)NCc1cccc(N)c1. The first-order valence-corrected chi connectivity index (χ1v) is 6.07. The van der Waals surface area contributed by atoms with Gasteiger partial charge in [-0.2, -0.15) is 0 Å². The Balaban J connectivity index is 2.13. The smallest absolute Gasteiger partial charge is 0.258 e. The van der Waals surface area contributed by atoms with Gasteiger partial charge >= 0.3 is 0 Å². The van der Waals surface area contributed by atoms with E-state index in [0.717, 1.165) is 5.56 Å². The third-order valence-corrected chi connectivity index (χ3v) is 2.83. The first kappa shape index (κ1) is 13.9. The zero-order chi connectivity index (χ0) is 14.5. The molecular formula is C15H15FN2O2. The molecule has 5 heteroatoms. The summed E-state index contributed by atoms with van der Waals surface area (Å²) in [6.07, 6.45) is 0.